The summed E-state index contributed by atoms with van der Waals surface area (Å²) in [7, 11) is 0. The number of likely N-dealkylation sites (tertiary alicyclic amines) is 1. The highest BCUT2D eigenvalue weighted by Gasteiger charge is 2.41. The van der Waals surface area contributed by atoms with E-state index in [4.69, 9.17) is 16.3 Å². The van der Waals surface area contributed by atoms with Crippen molar-refractivity contribution in [1.29, 1.82) is 0 Å². The predicted molar refractivity (Wildman–Crippen MR) is 151 cm³/mol. The first-order chi connectivity index (χ1) is 18.6. The molecule has 2 heterocycles. The van der Waals surface area contributed by atoms with Crippen LogP contribution in [0.3, 0.4) is 0 Å². The smallest absolute Gasteiger partial charge is 0.289 e. The predicted octanol–water partition coefficient (Wildman–Crippen LogP) is 5.66. The number of carbonyl (C=O) groups is 2. The SMILES string of the molecule is O=C(NCCN1CCCCCC1)c1ccc(/C=C2\OC3CCCCC3N(Cc3ccc(Cl)cc3)C2=O)cc1. The molecule has 1 aliphatic carbocycles. The standard InChI is InChI=1S/C31H38ClN3O3/c32-26-15-11-24(12-16-26)22-35-27-7-3-4-8-28(27)38-29(31(35)37)21-23-9-13-25(14-10-23)30(36)33-17-20-34-18-5-1-2-6-19-34/h9-16,21,27-28H,1-8,17-20,22H2,(H,33,36)/b29-21-. The van der Waals surface area contributed by atoms with Gasteiger partial charge < -0.3 is 19.9 Å². The number of carbonyl (C=O) groups excluding carboxylic acids is 2. The zero-order valence-electron chi connectivity index (χ0n) is 22.0. The molecular formula is C31H38ClN3O3. The number of nitrogens with zero attached hydrogens (tertiary/aromatic N) is 2. The summed E-state index contributed by atoms with van der Waals surface area (Å²) in [6, 6.07) is 15.2. The van der Waals surface area contributed by atoms with Gasteiger partial charge in [0.1, 0.15) is 6.10 Å². The third-order valence-electron chi connectivity index (χ3n) is 7.97. The minimum absolute atomic E-state index is 0.00857. The van der Waals surface area contributed by atoms with Crippen LogP contribution in [0.25, 0.3) is 6.08 Å². The van der Waals surface area contributed by atoms with Gasteiger partial charge in [-0.1, -0.05) is 55.1 Å². The average Bonchev–Trinajstić information content (AvgIpc) is 3.21. The Morgan fingerprint density at radius 1 is 0.947 bits per heavy atom. The van der Waals surface area contributed by atoms with Gasteiger partial charge in [0.2, 0.25) is 0 Å². The van der Waals surface area contributed by atoms with Crippen molar-refractivity contribution in [3.8, 4) is 0 Å². The molecule has 1 saturated carbocycles. The summed E-state index contributed by atoms with van der Waals surface area (Å²) in [5, 5.41) is 3.74. The van der Waals surface area contributed by atoms with E-state index in [0.717, 1.165) is 56.4 Å². The average molecular weight is 536 g/mol. The molecule has 2 saturated heterocycles. The lowest BCUT2D eigenvalue weighted by Crippen LogP contribution is -2.54. The van der Waals surface area contributed by atoms with Crippen LogP contribution in [0.15, 0.2) is 54.3 Å². The second kappa shape index (κ2) is 12.8. The number of fused-ring (bicyclic) bond motifs is 1. The Bertz CT molecular complexity index is 1120. The fraction of sp³-hybridized carbons (Fsp3) is 0.484. The normalized spacial score (nSPS) is 23.4. The van der Waals surface area contributed by atoms with Crippen LogP contribution in [-0.4, -0.2) is 59.9 Å². The topological polar surface area (TPSA) is 61.9 Å². The third-order valence-corrected chi connectivity index (χ3v) is 8.22. The fourth-order valence-corrected chi connectivity index (χ4v) is 5.95. The van der Waals surface area contributed by atoms with Gasteiger partial charge in [0, 0.05) is 30.2 Å². The molecule has 38 heavy (non-hydrogen) atoms. The van der Waals surface area contributed by atoms with Crippen LogP contribution in [-0.2, 0) is 16.1 Å². The number of amides is 2. The molecule has 0 radical (unpaired) electrons. The van der Waals surface area contributed by atoms with Crippen LogP contribution in [0, 0.1) is 0 Å². The van der Waals surface area contributed by atoms with Crippen LogP contribution in [0.2, 0.25) is 5.02 Å². The Balaban J connectivity index is 1.23. The maximum atomic E-state index is 13.5. The van der Waals surface area contributed by atoms with E-state index in [1.54, 1.807) is 0 Å². The van der Waals surface area contributed by atoms with Crippen LogP contribution in [0.5, 0.6) is 0 Å². The molecule has 2 amide bonds. The quantitative estimate of drug-likeness (QED) is 0.465. The maximum Gasteiger partial charge on any atom is 0.289 e. The van der Waals surface area contributed by atoms with Gasteiger partial charge in [-0.3, -0.25) is 9.59 Å². The van der Waals surface area contributed by atoms with Crippen LogP contribution >= 0.6 is 11.6 Å². The molecule has 2 atom stereocenters. The number of nitrogens with one attached hydrogen (secondary N) is 1. The summed E-state index contributed by atoms with van der Waals surface area (Å²) in [5.74, 6) is 0.221. The molecule has 2 aromatic carbocycles. The number of benzene rings is 2. The van der Waals surface area contributed by atoms with E-state index < -0.39 is 0 Å². The Labute approximate surface area is 231 Å². The molecule has 202 valence electrons. The van der Waals surface area contributed by atoms with Crippen LogP contribution < -0.4 is 5.32 Å². The molecule has 2 aromatic rings. The summed E-state index contributed by atoms with van der Waals surface area (Å²) in [6.07, 6.45) is 11.1. The minimum atomic E-state index is -0.0848. The number of hydrogen-bond acceptors (Lipinski definition) is 4. The van der Waals surface area contributed by atoms with E-state index in [9.17, 15) is 9.59 Å². The number of halogens is 1. The fourth-order valence-electron chi connectivity index (χ4n) is 5.82. The molecule has 6 nitrogen and oxygen atoms in total. The zero-order valence-corrected chi connectivity index (χ0v) is 22.8. The van der Waals surface area contributed by atoms with Gasteiger partial charge in [-0.2, -0.15) is 0 Å². The molecule has 3 aliphatic rings. The first-order valence-corrected chi connectivity index (χ1v) is 14.5. The number of rotatable bonds is 7. The largest absolute Gasteiger partial charge is 0.482 e. The highest BCUT2D eigenvalue weighted by atomic mass is 35.5. The Hall–Kier alpha value is -2.83. The van der Waals surface area contributed by atoms with Crippen molar-refractivity contribution in [2.45, 2.75) is 70.1 Å². The molecule has 2 aliphatic heterocycles. The molecule has 1 N–H and O–H groups in total. The molecule has 2 unspecified atom stereocenters. The number of ether oxygens (including phenoxy) is 1. The van der Waals surface area contributed by atoms with E-state index in [1.807, 2.05) is 59.5 Å². The summed E-state index contributed by atoms with van der Waals surface area (Å²) in [4.78, 5) is 30.6. The van der Waals surface area contributed by atoms with Gasteiger partial charge in [-0.05, 0) is 86.7 Å². The first-order valence-electron chi connectivity index (χ1n) is 14.1. The van der Waals surface area contributed by atoms with Gasteiger partial charge in [-0.15, -0.1) is 0 Å². The van der Waals surface area contributed by atoms with Crippen molar-refractivity contribution >= 4 is 29.5 Å². The van der Waals surface area contributed by atoms with Gasteiger partial charge in [-0.25, -0.2) is 0 Å². The van der Waals surface area contributed by atoms with E-state index in [1.165, 1.54) is 25.7 Å². The Morgan fingerprint density at radius 2 is 1.66 bits per heavy atom. The van der Waals surface area contributed by atoms with Crippen LogP contribution in [0.4, 0.5) is 0 Å². The second-order valence-corrected chi connectivity index (χ2v) is 11.1. The van der Waals surface area contributed by atoms with Crippen molar-refractivity contribution in [2.75, 3.05) is 26.2 Å². The van der Waals surface area contributed by atoms with E-state index in [0.29, 0.717) is 29.4 Å². The first kappa shape index (κ1) is 26.8. The monoisotopic (exact) mass is 535 g/mol. The highest BCUT2D eigenvalue weighted by Crippen LogP contribution is 2.34. The molecule has 0 bridgehead atoms. The Kier molecular flexibility index (Phi) is 9.02. The van der Waals surface area contributed by atoms with Crippen molar-refractivity contribution in [3.63, 3.8) is 0 Å². The third kappa shape index (κ3) is 6.78. The summed E-state index contributed by atoms with van der Waals surface area (Å²) < 4.78 is 6.26. The molecule has 0 aromatic heterocycles. The van der Waals surface area contributed by atoms with Gasteiger partial charge in [0.15, 0.2) is 5.76 Å². The van der Waals surface area contributed by atoms with E-state index in [2.05, 4.69) is 10.2 Å². The van der Waals surface area contributed by atoms with Gasteiger partial charge >= 0.3 is 0 Å². The zero-order chi connectivity index (χ0) is 26.3. The summed E-state index contributed by atoms with van der Waals surface area (Å²) in [6.45, 7) is 4.33. The molecule has 7 heteroatoms. The van der Waals surface area contributed by atoms with Gasteiger partial charge in [0.25, 0.3) is 11.8 Å². The Morgan fingerprint density at radius 3 is 2.39 bits per heavy atom. The highest BCUT2D eigenvalue weighted by molar-refractivity contribution is 6.30. The lowest BCUT2D eigenvalue weighted by atomic mass is 9.89. The summed E-state index contributed by atoms with van der Waals surface area (Å²) >= 11 is 6.06. The van der Waals surface area contributed by atoms with Crippen molar-refractivity contribution in [3.05, 3.63) is 76.0 Å². The number of hydrogen-bond donors (Lipinski definition) is 1. The van der Waals surface area contributed by atoms with E-state index >= 15 is 0 Å². The number of morpholine rings is 1. The minimum Gasteiger partial charge on any atom is -0.482 e. The molecular weight excluding hydrogens is 498 g/mol. The molecule has 5 rings (SSSR count). The molecule has 3 fully saturated rings. The van der Waals surface area contributed by atoms with Crippen LogP contribution in [0.1, 0.15) is 72.9 Å². The molecule has 0 spiro atoms. The summed E-state index contributed by atoms with van der Waals surface area (Å²) in [5.41, 5.74) is 2.52. The lowest BCUT2D eigenvalue weighted by Gasteiger charge is -2.44. The van der Waals surface area contributed by atoms with Crippen molar-refractivity contribution in [2.24, 2.45) is 0 Å². The maximum absolute atomic E-state index is 13.5. The van der Waals surface area contributed by atoms with E-state index in [-0.39, 0.29) is 24.0 Å². The van der Waals surface area contributed by atoms with Gasteiger partial charge in [0.05, 0.1) is 6.04 Å². The lowest BCUT2D eigenvalue weighted by molar-refractivity contribution is -0.149. The van der Waals surface area contributed by atoms with Crippen molar-refractivity contribution < 1.29 is 14.3 Å². The second-order valence-electron chi connectivity index (χ2n) is 10.7. The van der Waals surface area contributed by atoms with Crippen molar-refractivity contribution in [1.82, 2.24) is 15.1 Å².